The molecule has 1 aliphatic heterocycles. The fourth-order valence-electron chi connectivity index (χ4n) is 2.83. The Kier molecular flexibility index (Phi) is 3.92. The zero-order valence-corrected chi connectivity index (χ0v) is 13.7. The standard InChI is InChI=1S/C17H13Cl2NO3/c1-20-14-5-3-2-4-12(14)17(23,16(20)22)9-15(21)11-7-6-10(18)8-13(11)19/h2-8,23H,9H2,1H3/t17-/m1/s1. The first-order valence-electron chi connectivity index (χ1n) is 6.93. The Morgan fingerprint density at radius 3 is 2.61 bits per heavy atom. The Labute approximate surface area is 143 Å². The van der Waals surface area contributed by atoms with Gasteiger partial charge in [0.25, 0.3) is 5.91 Å². The van der Waals surface area contributed by atoms with Crippen molar-refractivity contribution in [3.8, 4) is 0 Å². The average Bonchev–Trinajstić information content (AvgIpc) is 2.70. The summed E-state index contributed by atoms with van der Waals surface area (Å²) >= 11 is 11.9. The molecule has 0 unspecified atom stereocenters. The normalized spacial score (nSPS) is 19.8. The minimum atomic E-state index is -1.88. The average molecular weight is 350 g/mol. The number of fused-ring (bicyclic) bond motifs is 1. The lowest BCUT2D eigenvalue weighted by Gasteiger charge is -2.21. The van der Waals surface area contributed by atoms with Gasteiger partial charge >= 0.3 is 0 Å². The highest BCUT2D eigenvalue weighted by atomic mass is 35.5. The van der Waals surface area contributed by atoms with Gasteiger partial charge in [-0.15, -0.1) is 0 Å². The van der Waals surface area contributed by atoms with E-state index in [0.717, 1.165) is 0 Å². The summed E-state index contributed by atoms with van der Waals surface area (Å²) < 4.78 is 0. The third kappa shape index (κ3) is 2.53. The fraction of sp³-hybridized carbons (Fsp3) is 0.176. The Hall–Kier alpha value is -1.88. The predicted octanol–water partition coefficient (Wildman–Crippen LogP) is 3.43. The van der Waals surface area contributed by atoms with Crippen LogP contribution in [0.25, 0.3) is 0 Å². The van der Waals surface area contributed by atoms with Crippen LogP contribution in [-0.2, 0) is 10.4 Å². The van der Waals surface area contributed by atoms with Crippen molar-refractivity contribution in [1.29, 1.82) is 0 Å². The number of carbonyl (C=O) groups is 2. The van der Waals surface area contributed by atoms with Gasteiger partial charge in [-0.05, 0) is 24.3 Å². The molecule has 3 rings (SSSR count). The fourth-order valence-corrected chi connectivity index (χ4v) is 3.35. The maximum atomic E-state index is 12.5. The number of carbonyl (C=O) groups excluding carboxylic acids is 2. The Bertz CT molecular complexity index is 821. The summed E-state index contributed by atoms with van der Waals surface area (Å²) in [4.78, 5) is 26.4. The lowest BCUT2D eigenvalue weighted by Crippen LogP contribution is -2.40. The van der Waals surface area contributed by atoms with Gasteiger partial charge < -0.3 is 10.0 Å². The highest BCUT2D eigenvalue weighted by Crippen LogP contribution is 2.42. The van der Waals surface area contributed by atoms with Crippen LogP contribution in [0.3, 0.4) is 0 Å². The van der Waals surface area contributed by atoms with Crippen molar-refractivity contribution in [3.63, 3.8) is 0 Å². The molecule has 2 aromatic rings. The maximum Gasteiger partial charge on any atom is 0.263 e. The highest BCUT2D eigenvalue weighted by Gasteiger charge is 2.49. The van der Waals surface area contributed by atoms with Crippen LogP contribution in [0.4, 0.5) is 5.69 Å². The van der Waals surface area contributed by atoms with Crippen molar-refractivity contribution in [2.24, 2.45) is 0 Å². The molecule has 0 saturated carbocycles. The molecule has 1 N–H and O–H groups in total. The predicted molar refractivity (Wildman–Crippen MR) is 89.2 cm³/mol. The minimum absolute atomic E-state index is 0.193. The topological polar surface area (TPSA) is 57.6 Å². The van der Waals surface area contributed by atoms with Gasteiger partial charge in [0.05, 0.1) is 17.1 Å². The number of anilines is 1. The van der Waals surface area contributed by atoms with Crippen molar-refractivity contribution < 1.29 is 14.7 Å². The number of rotatable bonds is 3. The highest BCUT2D eigenvalue weighted by molar-refractivity contribution is 6.37. The molecule has 118 valence electrons. The second kappa shape index (κ2) is 5.64. The summed E-state index contributed by atoms with van der Waals surface area (Å²) in [5, 5.41) is 11.5. The van der Waals surface area contributed by atoms with Crippen molar-refractivity contribution >= 4 is 40.6 Å². The largest absolute Gasteiger partial charge is 0.375 e. The summed E-state index contributed by atoms with van der Waals surface area (Å²) in [6.07, 6.45) is -0.380. The van der Waals surface area contributed by atoms with E-state index in [2.05, 4.69) is 0 Å². The smallest absolute Gasteiger partial charge is 0.263 e. The summed E-state index contributed by atoms with van der Waals surface area (Å²) in [5.74, 6) is -0.954. The number of ketones is 1. The molecule has 1 aliphatic rings. The molecule has 2 aromatic carbocycles. The van der Waals surface area contributed by atoms with Crippen LogP contribution < -0.4 is 4.90 Å². The van der Waals surface area contributed by atoms with Crippen LogP contribution in [0, 0.1) is 0 Å². The number of hydrogen-bond acceptors (Lipinski definition) is 3. The number of hydrogen-bond donors (Lipinski definition) is 1. The number of halogens is 2. The molecule has 0 saturated heterocycles. The van der Waals surface area contributed by atoms with Crippen LogP contribution in [0.5, 0.6) is 0 Å². The van der Waals surface area contributed by atoms with Crippen LogP contribution in [0.2, 0.25) is 10.0 Å². The summed E-state index contributed by atoms with van der Waals surface area (Å²) in [5.41, 5.74) is -0.643. The number of Topliss-reactive ketones (excluding diaryl/α,β-unsaturated/α-hetero) is 1. The van der Waals surface area contributed by atoms with Gasteiger partial charge in [-0.3, -0.25) is 9.59 Å². The molecule has 23 heavy (non-hydrogen) atoms. The molecule has 4 nitrogen and oxygen atoms in total. The lowest BCUT2D eigenvalue weighted by atomic mass is 9.88. The summed E-state index contributed by atoms with van der Waals surface area (Å²) in [6, 6.07) is 11.4. The van der Waals surface area contributed by atoms with E-state index in [1.807, 2.05) is 0 Å². The van der Waals surface area contributed by atoms with E-state index in [4.69, 9.17) is 23.2 Å². The molecular weight excluding hydrogens is 337 g/mol. The van der Waals surface area contributed by atoms with Crippen LogP contribution in [0.1, 0.15) is 22.3 Å². The van der Waals surface area contributed by atoms with Gasteiger partial charge in [0, 0.05) is 23.2 Å². The zero-order valence-electron chi connectivity index (χ0n) is 12.2. The Morgan fingerprint density at radius 2 is 1.91 bits per heavy atom. The van der Waals surface area contributed by atoms with Crippen LogP contribution in [0.15, 0.2) is 42.5 Å². The molecule has 1 heterocycles. The third-order valence-electron chi connectivity index (χ3n) is 4.02. The first-order chi connectivity index (χ1) is 10.8. The van der Waals surface area contributed by atoms with Gasteiger partial charge in [-0.25, -0.2) is 0 Å². The molecule has 1 atom stereocenters. The first-order valence-corrected chi connectivity index (χ1v) is 7.68. The van der Waals surface area contributed by atoms with Gasteiger partial charge in [-0.2, -0.15) is 0 Å². The number of likely N-dealkylation sites (N-methyl/N-ethyl adjacent to an activating group) is 1. The molecule has 0 spiro atoms. The minimum Gasteiger partial charge on any atom is -0.375 e. The van der Waals surface area contributed by atoms with E-state index in [-0.39, 0.29) is 17.0 Å². The molecule has 6 heteroatoms. The molecular formula is C17H13Cl2NO3. The van der Waals surface area contributed by atoms with E-state index in [0.29, 0.717) is 16.3 Å². The van der Waals surface area contributed by atoms with Crippen molar-refractivity contribution in [2.45, 2.75) is 12.0 Å². The van der Waals surface area contributed by atoms with E-state index in [1.165, 1.54) is 17.0 Å². The second-order valence-electron chi connectivity index (χ2n) is 5.47. The zero-order chi connectivity index (χ0) is 16.8. The van der Waals surface area contributed by atoms with E-state index >= 15 is 0 Å². The Morgan fingerprint density at radius 1 is 1.22 bits per heavy atom. The molecule has 1 amide bonds. The SMILES string of the molecule is CN1C(=O)[C@@](O)(CC(=O)c2ccc(Cl)cc2Cl)c2ccccc21. The van der Waals surface area contributed by atoms with E-state index in [1.54, 1.807) is 37.4 Å². The van der Waals surface area contributed by atoms with Gasteiger partial charge in [0.15, 0.2) is 11.4 Å². The molecule has 0 aliphatic carbocycles. The van der Waals surface area contributed by atoms with Gasteiger partial charge in [-0.1, -0.05) is 41.4 Å². The van der Waals surface area contributed by atoms with Crippen molar-refractivity contribution in [3.05, 3.63) is 63.6 Å². The van der Waals surface area contributed by atoms with Crippen molar-refractivity contribution in [1.82, 2.24) is 0 Å². The lowest BCUT2D eigenvalue weighted by molar-refractivity contribution is -0.135. The first kappa shape index (κ1) is 16.0. The Balaban J connectivity index is 1.99. The van der Waals surface area contributed by atoms with Gasteiger partial charge in [0.2, 0.25) is 0 Å². The summed E-state index contributed by atoms with van der Waals surface area (Å²) in [6.45, 7) is 0. The summed E-state index contributed by atoms with van der Waals surface area (Å²) in [7, 11) is 1.57. The number of nitrogens with zero attached hydrogens (tertiary/aromatic N) is 1. The molecule has 0 radical (unpaired) electrons. The number of amides is 1. The number of aliphatic hydroxyl groups is 1. The van der Waals surface area contributed by atoms with Crippen LogP contribution >= 0.6 is 23.2 Å². The van der Waals surface area contributed by atoms with Crippen molar-refractivity contribution in [2.75, 3.05) is 11.9 Å². The van der Waals surface area contributed by atoms with Gasteiger partial charge in [0.1, 0.15) is 0 Å². The van der Waals surface area contributed by atoms with E-state index in [9.17, 15) is 14.7 Å². The monoisotopic (exact) mass is 349 g/mol. The molecule has 0 bridgehead atoms. The number of benzene rings is 2. The second-order valence-corrected chi connectivity index (χ2v) is 6.31. The maximum absolute atomic E-state index is 12.5. The number of para-hydroxylation sites is 1. The molecule has 0 fully saturated rings. The van der Waals surface area contributed by atoms with E-state index < -0.39 is 17.3 Å². The quantitative estimate of drug-likeness (QED) is 0.863. The van der Waals surface area contributed by atoms with Crippen LogP contribution in [-0.4, -0.2) is 23.8 Å². The third-order valence-corrected chi connectivity index (χ3v) is 4.57. The molecule has 0 aromatic heterocycles.